The Labute approximate surface area is 93.0 Å². The topological polar surface area (TPSA) is 45.5 Å². The van der Waals surface area contributed by atoms with E-state index in [1.165, 1.54) is 0 Å². The molecule has 0 atom stereocenters. The zero-order valence-corrected chi connectivity index (χ0v) is 8.61. The van der Waals surface area contributed by atoms with Crippen LogP contribution in [0.2, 0.25) is 0 Å². The van der Waals surface area contributed by atoms with E-state index >= 15 is 0 Å². The van der Waals surface area contributed by atoms with E-state index in [9.17, 15) is 0 Å². The molecule has 0 bridgehead atoms. The highest BCUT2D eigenvalue weighted by Gasteiger charge is 2.08. The molecule has 0 saturated carbocycles. The number of hydrogen-bond donors (Lipinski definition) is 1. The minimum atomic E-state index is 0.646. The second-order valence-corrected chi connectivity index (χ2v) is 3.50. The lowest BCUT2D eigenvalue weighted by molar-refractivity contribution is 0.844. The summed E-state index contributed by atoms with van der Waals surface area (Å²) >= 11 is 0. The smallest absolute Gasteiger partial charge is 0.131 e. The van der Waals surface area contributed by atoms with Gasteiger partial charge < -0.3 is 4.57 Å². The van der Waals surface area contributed by atoms with Crippen molar-refractivity contribution in [3.63, 3.8) is 0 Å². The molecule has 1 aliphatic heterocycles. The molecule has 16 heavy (non-hydrogen) atoms. The van der Waals surface area contributed by atoms with Gasteiger partial charge in [-0.3, -0.25) is 15.4 Å². The van der Waals surface area contributed by atoms with E-state index in [4.69, 9.17) is 0 Å². The molecule has 1 N–H and O–H groups in total. The molecule has 1 aromatic heterocycles. The van der Waals surface area contributed by atoms with Gasteiger partial charge in [-0.1, -0.05) is 6.07 Å². The fourth-order valence-corrected chi connectivity index (χ4v) is 1.66. The molecule has 0 unspecified atom stereocenters. The maximum atomic E-state index is 4.10. The predicted octanol–water partition coefficient (Wildman–Crippen LogP) is 1.18. The predicted molar refractivity (Wildman–Crippen MR) is 62.5 cm³/mol. The van der Waals surface area contributed by atoms with Crippen LogP contribution in [0.4, 0.5) is 5.69 Å². The first kappa shape index (κ1) is 8.96. The van der Waals surface area contributed by atoms with Crippen molar-refractivity contribution < 1.29 is 0 Å². The van der Waals surface area contributed by atoms with Crippen molar-refractivity contribution in [2.75, 3.05) is 11.7 Å². The fraction of sp³-hybridized carbons (Fsp3) is 0.0909. The number of aromatic nitrogens is 2. The number of anilines is 1. The Morgan fingerprint density at radius 2 is 2.19 bits per heavy atom. The van der Waals surface area contributed by atoms with Crippen LogP contribution in [0.25, 0.3) is 5.69 Å². The highest BCUT2D eigenvalue weighted by molar-refractivity contribution is 5.64. The molecule has 1 aromatic carbocycles. The van der Waals surface area contributed by atoms with Gasteiger partial charge in [0.1, 0.15) is 13.0 Å². The Hall–Kier alpha value is -2.30. The first-order chi connectivity index (χ1) is 7.93. The van der Waals surface area contributed by atoms with Crippen molar-refractivity contribution in [1.29, 1.82) is 0 Å². The number of nitrogens with zero attached hydrogens (tertiary/aromatic N) is 4. The molecule has 80 valence electrons. The summed E-state index contributed by atoms with van der Waals surface area (Å²) in [5.41, 5.74) is 5.24. The standard InChI is InChI=1S/C11H11N5/c1-2-10(15-5-4-12-8-15)6-11(3-1)16-9-13-7-14-16/h1-8H,9H2,(H,13,14). The van der Waals surface area contributed by atoms with E-state index < -0.39 is 0 Å². The first-order valence-corrected chi connectivity index (χ1v) is 5.04. The van der Waals surface area contributed by atoms with Crippen molar-refractivity contribution in [1.82, 2.24) is 15.0 Å². The van der Waals surface area contributed by atoms with Crippen LogP contribution in [-0.4, -0.2) is 22.6 Å². The second kappa shape index (κ2) is 3.69. The second-order valence-electron chi connectivity index (χ2n) is 3.50. The molecule has 5 nitrogen and oxygen atoms in total. The van der Waals surface area contributed by atoms with Crippen LogP contribution in [0.3, 0.4) is 0 Å². The average molecular weight is 213 g/mol. The number of benzene rings is 1. The van der Waals surface area contributed by atoms with Gasteiger partial charge in [0.05, 0.1) is 12.0 Å². The minimum absolute atomic E-state index is 0.646. The number of nitrogens with one attached hydrogen (secondary N) is 1. The molecular weight excluding hydrogens is 202 g/mol. The van der Waals surface area contributed by atoms with Crippen molar-refractivity contribution in [3.8, 4) is 5.69 Å². The van der Waals surface area contributed by atoms with E-state index in [1.807, 2.05) is 34.0 Å². The summed E-state index contributed by atoms with van der Waals surface area (Å²) in [5.74, 6) is 0. The van der Waals surface area contributed by atoms with E-state index in [2.05, 4.69) is 21.5 Å². The van der Waals surface area contributed by atoms with Crippen LogP contribution in [0.15, 0.2) is 48.0 Å². The quantitative estimate of drug-likeness (QED) is 0.814. The zero-order valence-electron chi connectivity index (χ0n) is 8.61. The zero-order chi connectivity index (χ0) is 10.8. The Balaban J connectivity index is 1.94. The molecule has 5 heteroatoms. The lowest BCUT2D eigenvalue weighted by Gasteiger charge is -2.17. The normalized spacial score (nSPS) is 14.1. The van der Waals surface area contributed by atoms with Gasteiger partial charge in [-0.25, -0.2) is 4.98 Å². The Morgan fingerprint density at radius 3 is 2.94 bits per heavy atom. The molecular formula is C11H11N5. The number of rotatable bonds is 2. The number of hydrazine groups is 1. The van der Waals surface area contributed by atoms with Crippen LogP contribution in [0.1, 0.15) is 0 Å². The van der Waals surface area contributed by atoms with E-state index in [0.717, 1.165) is 11.4 Å². The van der Waals surface area contributed by atoms with Crippen LogP contribution < -0.4 is 10.4 Å². The van der Waals surface area contributed by atoms with Gasteiger partial charge in [0.25, 0.3) is 0 Å². The third-order valence-corrected chi connectivity index (χ3v) is 2.47. The molecule has 0 radical (unpaired) electrons. The van der Waals surface area contributed by atoms with Crippen LogP contribution in [0, 0.1) is 0 Å². The number of hydrogen-bond acceptors (Lipinski definition) is 4. The SMILES string of the molecule is C1=NCN(c2cccc(-n3ccnc3)c2)N1. The molecule has 1 aliphatic rings. The summed E-state index contributed by atoms with van der Waals surface area (Å²) in [6.45, 7) is 0.646. The molecule has 0 fully saturated rings. The van der Waals surface area contributed by atoms with Crippen LogP contribution in [-0.2, 0) is 0 Å². The minimum Gasteiger partial charge on any atom is -0.306 e. The van der Waals surface area contributed by atoms with Crippen molar-refractivity contribution in [2.24, 2.45) is 4.99 Å². The van der Waals surface area contributed by atoms with E-state index in [-0.39, 0.29) is 0 Å². The van der Waals surface area contributed by atoms with Gasteiger partial charge in [0.15, 0.2) is 0 Å². The third-order valence-electron chi connectivity index (χ3n) is 2.47. The summed E-state index contributed by atoms with van der Waals surface area (Å²) in [7, 11) is 0. The largest absolute Gasteiger partial charge is 0.306 e. The van der Waals surface area contributed by atoms with E-state index in [0.29, 0.717) is 6.67 Å². The third kappa shape index (κ3) is 1.52. The number of imidazole rings is 1. The van der Waals surface area contributed by atoms with Crippen molar-refractivity contribution in [2.45, 2.75) is 0 Å². The van der Waals surface area contributed by atoms with E-state index in [1.54, 1.807) is 18.9 Å². The van der Waals surface area contributed by atoms with Gasteiger partial charge in [0.2, 0.25) is 0 Å². The molecule has 0 aliphatic carbocycles. The average Bonchev–Trinajstić information content (AvgIpc) is 3.03. The van der Waals surface area contributed by atoms with Gasteiger partial charge in [-0.05, 0) is 18.2 Å². The highest BCUT2D eigenvalue weighted by Crippen LogP contribution is 2.18. The molecule has 2 aromatic rings. The van der Waals surface area contributed by atoms with Gasteiger partial charge in [0, 0.05) is 18.1 Å². The molecule has 0 spiro atoms. The van der Waals surface area contributed by atoms with Gasteiger partial charge in [-0.15, -0.1) is 0 Å². The summed E-state index contributed by atoms with van der Waals surface area (Å²) in [5, 5.41) is 1.97. The summed E-state index contributed by atoms with van der Waals surface area (Å²) in [6, 6.07) is 8.19. The number of aliphatic imine (C=N–C) groups is 1. The Morgan fingerprint density at radius 1 is 1.25 bits per heavy atom. The highest BCUT2D eigenvalue weighted by atomic mass is 15.6. The molecule has 0 amide bonds. The van der Waals surface area contributed by atoms with Gasteiger partial charge in [-0.2, -0.15) is 0 Å². The van der Waals surface area contributed by atoms with Gasteiger partial charge >= 0.3 is 0 Å². The molecule has 3 rings (SSSR count). The first-order valence-electron chi connectivity index (χ1n) is 5.04. The lowest BCUT2D eigenvalue weighted by Crippen LogP contribution is -2.31. The Bertz CT molecular complexity index is 495. The fourth-order valence-electron chi connectivity index (χ4n) is 1.66. The summed E-state index contributed by atoms with van der Waals surface area (Å²) in [4.78, 5) is 8.14. The molecule has 2 heterocycles. The molecule has 0 saturated heterocycles. The maximum Gasteiger partial charge on any atom is 0.131 e. The van der Waals surface area contributed by atoms with Crippen molar-refractivity contribution >= 4 is 12.0 Å². The monoisotopic (exact) mass is 213 g/mol. The van der Waals surface area contributed by atoms with Crippen LogP contribution >= 0.6 is 0 Å². The van der Waals surface area contributed by atoms with Crippen LogP contribution in [0.5, 0.6) is 0 Å². The Kier molecular flexibility index (Phi) is 2.07. The summed E-state index contributed by atoms with van der Waals surface area (Å²) < 4.78 is 1.97. The summed E-state index contributed by atoms with van der Waals surface area (Å²) in [6.07, 6.45) is 7.17. The van der Waals surface area contributed by atoms with Crippen molar-refractivity contribution in [3.05, 3.63) is 43.0 Å². The lowest BCUT2D eigenvalue weighted by atomic mass is 10.2. The maximum absolute atomic E-state index is 4.10.